The van der Waals surface area contributed by atoms with Crippen LogP contribution in [0.4, 0.5) is 5.82 Å². The SMILES string of the molecule is COc1ccc(-c2nn(-c3ccccc3)cc2CSCC(=O)Nc2cc(C)on2)cc1. The van der Waals surface area contributed by atoms with Crippen molar-refractivity contribution in [3.8, 4) is 22.7 Å². The van der Waals surface area contributed by atoms with Crippen molar-refractivity contribution in [2.45, 2.75) is 12.7 Å². The molecule has 4 aromatic rings. The number of hydrogen-bond donors (Lipinski definition) is 1. The molecule has 2 aromatic heterocycles. The van der Waals surface area contributed by atoms with Gasteiger partial charge in [-0.05, 0) is 43.3 Å². The minimum atomic E-state index is -0.125. The van der Waals surface area contributed by atoms with Crippen molar-refractivity contribution in [3.63, 3.8) is 0 Å². The van der Waals surface area contributed by atoms with Crippen LogP contribution in [0.3, 0.4) is 0 Å². The number of rotatable bonds is 8. The van der Waals surface area contributed by atoms with Gasteiger partial charge < -0.3 is 14.6 Å². The minimum absolute atomic E-state index is 0.125. The predicted octanol–water partition coefficient (Wildman–Crippen LogP) is 4.72. The normalized spacial score (nSPS) is 10.8. The van der Waals surface area contributed by atoms with E-state index >= 15 is 0 Å². The molecule has 0 spiro atoms. The number of benzene rings is 2. The van der Waals surface area contributed by atoms with Crippen LogP contribution in [0, 0.1) is 6.92 Å². The molecule has 2 heterocycles. The monoisotopic (exact) mass is 434 g/mol. The van der Waals surface area contributed by atoms with Gasteiger partial charge in [0.2, 0.25) is 5.91 Å². The van der Waals surface area contributed by atoms with Crippen LogP contribution < -0.4 is 10.1 Å². The zero-order valence-corrected chi connectivity index (χ0v) is 18.1. The van der Waals surface area contributed by atoms with Gasteiger partial charge in [0.25, 0.3) is 0 Å². The lowest BCUT2D eigenvalue weighted by Crippen LogP contribution is -2.14. The summed E-state index contributed by atoms with van der Waals surface area (Å²) in [6, 6.07) is 19.5. The van der Waals surface area contributed by atoms with E-state index < -0.39 is 0 Å². The third kappa shape index (κ3) is 5.16. The second kappa shape index (κ2) is 9.53. The van der Waals surface area contributed by atoms with Crippen molar-refractivity contribution >= 4 is 23.5 Å². The molecule has 8 heteroatoms. The second-order valence-corrected chi connectivity index (χ2v) is 7.86. The van der Waals surface area contributed by atoms with Crippen LogP contribution in [0.1, 0.15) is 11.3 Å². The molecular weight excluding hydrogens is 412 g/mol. The third-order valence-corrected chi connectivity index (χ3v) is 5.54. The van der Waals surface area contributed by atoms with Crippen LogP contribution in [0.5, 0.6) is 5.75 Å². The van der Waals surface area contributed by atoms with Crippen LogP contribution >= 0.6 is 11.8 Å². The van der Waals surface area contributed by atoms with Crippen LogP contribution in [0.15, 0.2) is 71.4 Å². The predicted molar refractivity (Wildman–Crippen MR) is 122 cm³/mol. The number of nitrogens with one attached hydrogen (secondary N) is 1. The number of ether oxygens (including phenoxy) is 1. The molecule has 0 unspecified atom stereocenters. The van der Waals surface area contributed by atoms with E-state index in [2.05, 4.69) is 10.5 Å². The number of aryl methyl sites for hydroxylation is 1. The summed E-state index contributed by atoms with van der Waals surface area (Å²) in [6.45, 7) is 1.78. The Balaban J connectivity index is 1.50. The highest BCUT2D eigenvalue weighted by atomic mass is 32.2. The van der Waals surface area contributed by atoms with Gasteiger partial charge >= 0.3 is 0 Å². The first-order valence-electron chi connectivity index (χ1n) is 9.71. The molecular formula is C23H22N4O3S. The highest BCUT2D eigenvalue weighted by molar-refractivity contribution is 7.99. The third-order valence-electron chi connectivity index (χ3n) is 4.56. The average molecular weight is 435 g/mol. The smallest absolute Gasteiger partial charge is 0.235 e. The van der Waals surface area contributed by atoms with E-state index in [9.17, 15) is 4.79 Å². The minimum Gasteiger partial charge on any atom is -0.497 e. The van der Waals surface area contributed by atoms with Crippen LogP contribution in [0.2, 0.25) is 0 Å². The molecule has 2 aromatic carbocycles. The van der Waals surface area contributed by atoms with Crippen molar-refractivity contribution in [2.24, 2.45) is 0 Å². The Morgan fingerprint density at radius 2 is 1.94 bits per heavy atom. The lowest BCUT2D eigenvalue weighted by atomic mass is 10.1. The second-order valence-electron chi connectivity index (χ2n) is 6.88. The van der Waals surface area contributed by atoms with Crippen molar-refractivity contribution in [3.05, 3.63) is 78.2 Å². The Hall–Kier alpha value is -3.52. The zero-order valence-electron chi connectivity index (χ0n) is 17.2. The highest BCUT2D eigenvalue weighted by Gasteiger charge is 2.14. The van der Waals surface area contributed by atoms with Crippen molar-refractivity contribution in [2.75, 3.05) is 18.2 Å². The summed E-state index contributed by atoms with van der Waals surface area (Å²) in [4.78, 5) is 12.2. The number of amides is 1. The summed E-state index contributed by atoms with van der Waals surface area (Å²) >= 11 is 1.52. The number of nitrogens with zero attached hydrogens (tertiary/aromatic N) is 3. The Bertz CT molecular complexity index is 1150. The van der Waals surface area contributed by atoms with E-state index in [1.54, 1.807) is 20.1 Å². The number of carbonyl (C=O) groups is 1. The average Bonchev–Trinajstić information content (AvgIpc) is 3.40. The molecule has 4 rings (SSSR count). The molecule has 158 valence electrons. The first-order chi connectivity index (χ1) is 15.1. The molecule has 1 N–H and O–H groups in total. The number of thioether (sulfide) groups is 1. The van der Waals surface area contributed by atoms with E-state index in [1.807, 2.05) is 65.5 Å². The Morgan fingerprint density at radius 1 is 1.16 bits per heavy atom. The molecule has 0 aliphatic carbocycles. The van der Waals surface area contributed by atoms with E-state index in [4.69, 9.17) is 14.4 Å². The maximum atomic E-state index is 12.2. The molecule has 0 radical (unpaired) electrons. The first-order valence-corrected chi connectivity index (χ1v) is 10.9. The quantitative estimate of drug-likeness (QED) is 0.432. The standard InChI is InChI=1S/C23H22N4O3S/c1-16-12-21(26-30-16)24-22(28)15-31-14-18-13-27(19-6-4-3-5-7-19)25-23(18)17-8-10-20(29-2)11-9-17/h3-13H,14-15H2,1-2H3,(H,24,26,28). The number of aromatic nitrogens is 3. The highest BCUT2D eigenvalue weighted by Crippen LogP contribution is 2.28. The molecule has 0 bridgehead atoms. The zero-order chi connectivity index (χ0) is 21.6. The van der Waals surface area contributed by atoms with Gasteiger partial charge in [-0.15, -0.1) is 11.8 Å². The van der Waals surface area contributed by atoms with Gasteiger partial charge in [0.1, 0.15) is 11.5 Å². The van der Waals surface area contributed by atoms with Gasteiger partial charge in [0.05, 0.1) is 24.2 Å². The van der Waals surface area contributed by atoms with E-state index in [0.717, 1.165) is 28.3 Å². The van der Waals surface area contributed by atoms with Crippen molar-refractivity contribution in [1.82, 2.24) is 14.9 Å². The Kier molecular flexibility index (Phi) is 6.37. The summed E-state index contributed by atoms with van der Waals surface area (Å²) in [5.74, 6) is 2.69. The van der Waals surface area contributed by atoms with Gasteiger partial charge in [0, 0.05) is 29.1 Å². The maximum Gasteiger partial charge on any atom is 0.235 e. The Labute approximate surface area is 184 Å². The molecule has 0 atom stereocenters. The number of methoxy groups -OCH3 is 1. The maximum absolute atomic E-state index is 12.2. The number of para-hydroxylation sites is 1. The Morgan fingerprint density at radius 3 is 2.61 bits per heavy atom. The number of anilines is 1. The van der Waals surface area contributed by atoms with Gasteiger partial charge in [-0.2, -0.15) is 5.10 Å². The number of carbonyl (C=O) groups excluding carboxylic acids is 1. The molecule has 1 amide bonds. The summed E-state index contributed by atoms with van der Waals surface area (Å²) in [5.41, 5.74) is 3.90. The van der Waals surface area contributed by atoms with Crippen molar-refractivity contribution < 1.29 is 14.1 Å². The van der Waals surface area contributed by atoms with Crippen LogP contribution in [-0.4, -0.2) is 33.7 Å². The van der Waals surface area contributed by atoms with Gasteiger partial charge in [-0.25, -0.2) is 4.68 Å². The van der Waals surface area contributed by atoms with E-state index in [1.165, 1.54) is 11.8 Å². The molecule has 7 nitrogen and oxygen atoms in total. The largest absolute Gasteiger partial charge is 0.497 e. The first kappa shape index (κ1) is 20.7. The summed E-state index contributed by atoms with van der Waals surface area (Å²) in [5, 5.41) is 11.3. The molecule has 0 aliphatic heterocycles. The molecule has 31 heavy (non-hydrogen) atoms. The summed E-state index contributed by atoms with van der Waals surface area (Å²) in [6.07, 6.45) is 2.01. The lowest BCUT2D eigenvalue weighted by Gasteiger charge is -2.05. The van der Waals surface area contributed by atoms with Crippen molar-refractivity contribution in [1.29, 1.82) is 0 Å². The van der Waals surface area contributed by atoms with E-state index in [0.29, 0.717) is 23.1 Å². The summed E-state index contributed by atoms with van der Waals surface area (Å²) in [7, 11) is 1.65. The fraction of sp³-hybridized carbons (Fsp3) is 0.174. The topological polar surface area (TPSA) is 82.2 Å². The van der Waals surface area contributed by atoms with Gasteiger partial charge in [0.15, 0.2) is 5.82 Å². The van der Waals surface area contributed by atoms with Gasteiger partial charge in [-0.1, -0.05) is 23.4 Å². The van der Waals surface area contributed by atoms with Gasteiger partial charge in [-0.3, -0.25) is 4.79 Å². The fourth-order valence-corrected chi connectivity index (χ4v) is 3.87. The lowest BCUT2D eigenvalue weighted by molar-refractivity contribution is -0.113. The number of hydrogen-bond acceptors (Lipinski definition) is 6. The van der Waals surface area contributed by atoms with Crippen LogP contribution in [-0.2, 0) is 10.5 Å². The molecule has 0 fully saturated rings. The fourth-order valence-electron chi connectivity index (χ4n) is 3.08. The summed E-state index contributed by atoms with van der Waals surface area (Å²) < 4.78 is 12.1. The van der Waals surface area contributed by atoms with Crippen LogP contribution in [0.25, 0.3) is 16.9 Å². The van der Waals surface area contributed by atoms with E-state index in [-0.39, 0.29) is 5.91 Å². The molecule has 0 saturated carbocycles. The molecule has 0 saturated heterocycles. The molecule has 0 aliphatic rings.